The van der Waals surface area contributed by atoms with E-state index in [2.05, 4.69) is 36.7 Å². The van der Waals surface area contributed by atoms with Crippen molar-refractivity contribution in [2.75, 3.05) is 46.2 Å². The molecule has 7 rings (SSSR count). The molecule has 10 heteroatoms. The minimum atomic E-state index is -0.755. The molecule has 5 fully saturated rings. The molecule has 4 aliphatic carbocycles. The fraction of sp³-hybridized carbons (Fsp3) is 0.641. The van der Waals surface area contributed by atoms with Crippen LogP contribution < -0.4 is 25.6 Å². The zero-order valence-corrected chi connectivity index (χ0v) is 30.6. The Kier molecular flexibility index (Phi) is 10.3. The maximum Gasteiger partial charge on any atom is 0.251 e. The minimum Gasteiger partial charge on any atom is -0.496 e. The zero-order chi connectivity index (χ0) is 35.2. The summed E-state index contributed by atoms with van der Waals surface area (Å²) in [6.45, 7) is 10.5. The number of nitrogens with zero attached hydrogens (tertiary/aromatic N) is 2. The van der Waals surface area contributed by atoms with Gasteiger partial charge in [0.2, 0.25) is 5.91 Å². The lowest BCUT2D eigenvalue weighted by molar-refractivity contribution is -0.176. The zero-order valence-electron chi connectivity index (χ0n) is 30.6. The first kappa shape index (κ1) is 35.6. The molecule has 2 aromatic rings. The van der Waals surface area contributed by atoms with Crippen molar-refractivity contribution in [3.8, 4) is 16.9 Å². The summed E-state index contributed by atoms with van der Waals surface area (Å²) in [7, 11) is 7.17. The number of carbonyl (C=O) groups excluding carboxylic acids is 2. The van der Waals surface area contributed by atoms with Crippen molar-refractivity contribution in [3.05, 3.63) is 47.5 Å². The number of rotatable bonds is 13. The van der Waals surface area contributed by atoms with Crippen molar-refractivity contribution in [2.24, 2.45) is 35.0 Å². The SMILES string of the molecule is CNC(=O)c1cc(-c2cccc(CN3O[C@@H](CNCC4CC4)[C@@H]([C@H](C)O)[C@H]3C(=O)N[C@H]3C[C@H]4C[C@H]([C@@H]3C)C4(C)C)c2OC)cc(N(C)C)c1. The van der Waals surface area contributed by atoms with Crippen LogP contribution in [0.15, 0.2) is 36.4 Å². The number of fused-ring (bicyclic) bond motifs is 2. The number of nitrogens with one attached hydrogen (secondary N) is 3. The van der Waals surface area contributed by atoms with Crippen LogP contribution in [0, 0.1) is 35.0 Å². The molecule has 0 radical (unpaired) electrons. The highest BCUT2D eigenvalue weighted by atomic mass is 16.7. The van der Waals surface area contributed by atoms with Gasteiger partial charge in [0.15, 0.2) is 0 Å². The lowest BCUT2D eigenvalue weighted by Crippen LogP contribution is -2.62. The monoisotopic (exact) mass is 675 g/mol. The molecule has 2 amide bonds. The average Bonchev–Trinajstić information content (AvgIpc) is 3.83. The van der Waals surface area contributed by atoms with Crippen molar-refractivity contribution in [1.82, 2.24) is 21.0 Å². The molecule has 268 valence electrons. The molecule has 1 heterocycles. The van der Waals surface area contributed by atoms with Crippen molar-refractivity contribution in [2.45, 2.75) is 84.2 Å². The van der Waals surface area contributed by atoms with Crippen molar-refractivity contribution in [3.63, 3.8) is 0 Å². The second kappa shape index (κ2) is 14.2. The van der Waals surface area contributed by atoms with E-state index in [0.29, 0.717) is 46.9 Å². The van der Waals surface area contributed by atoms with Gasteiger partial charge in [-0.3, -0.25) is 14.4 Å². The van der Waals surface area contributed by atoms with Crippen LogP contribution in [-0.2, 0) is 16.2 Å². The number of carbonyl (C=O) groups is 2. The number of benzene rings is 2. The molecule has 0 unspecified atom stereocenters. The number of aliphatic hydroxyl groups excluding tert-OH is 1. The smallest absolute Gasteiger partial charge is 0.251 e. The van der Waals surface area contributed by atoms with Gasteiger partial charge in [-0.2, -0.15) is 5.06 Å². The number of para-hydroxylation sites is 1. The highest BCUT2D eigenvalue weighted by molar-refractivity contribution is 5.97. The third-order valence-corrected chi connectivity index (χ3v) is 12.2. The van der Waals surface area contributed by atoms with E-state index in [0.717, 1.165) is 35.3 Å². The molecule has 1 aliphatic heterocycles. The third kappa shape index (κ3) is 7.07. The number of hydrogen-bond donors (Lipinski definition) is 4. The number of methoxy groups -OCH3 is 1. The summed E-state index contributed by atoms with van der Waals surface area (Å²) < 4.78 is 6.08. The summed E-state index contributed by atoms with van der Waals surface area (Å²) in [6.07, 6.45) is 3.58. The summed E-state index contributed by atoms with van der Waals surface area (Å²) >= 11 is 0. The van der Waals surface area contributed by atoms with Crippen molar-refractivity contribution in [1.29, 1.82) is 0 Å². The Bertz CT molecular complexity index is 1520. The van der Waals surface area contributed by atoms with Crippen LogP contribution in [0.5, 0.6) is 5.75 Å². The van der Waals surface area contributed by atoms with E-state index in [9.17, 15) is 14.7 Å². The molecular formula is C39H57N5O5. The Morgan fingerprint density at radius 1 is 1.14 bits per heavy atom. The van der Waals surface area contributed by atoms with Gasteiger partial charge in [-0.25, -0.2) is 0 Å². The highest BCUT2D eigenvalue weighted by Crippen LogP contribution is 2.61. The summed E-state index contributed by atoms with van der Waals surface area (Å²) in [5.41, 5.74) is 4.29. The van der Waals surface area contributed by atoms with Gasteiger partial charge in [0.1, 0.15) is 11.8 Å². The number of amides is 2. The Balaban J connectivity index is 1.31. The number of hydrogen-bond acceptors (Lipinski definition) is 8. The fourth-order valence-corrected chi connectivity index (χ4v) is 8.90. The van der Waals surface area contributed by atoms with E-state index < -0.39 is 18.1 Å². The quantitative estimate of drug-likeness (QED) is 0.246. The fourth-order valence-electron chi connectivity index (χ4n) is 8.90. The van der Waals surface area contributed by atoms with Gasteiger partial charge in [-0.1, -0.05) is 39.0 Å². The normalized spacial score (nSPS) is 29.5. The second-order valence-corrected chi connectivity index (χ2v) is 15.9. The van der Waals surface area contributed by atoms with E-state index in [1.807, 2.05) is 55.4 Å². The van der Waals surface area contributed by atoms with Crippen molar-refractivity contribution >= 4 is 17.5 Å². The van der Waals surface area contributed by atoms with E-state index in [4.69, 9.17) is 9.57 Å². The molecule has 1 saturated heterocycles. The third-order valence-electron chi connectivity index (χ3n) is 12.2. The Morgan fingerprint density at radius 3 is 2.51 bits per heavy atom. The summed E-state index contributed by atoms with van der Waals surface area (Å²) in [6, 6.07) is 11.1. The Hall–Kier alpha value is -3.18. The summed E-state index contributed by atoms with van der Waals surface area (Å²) in [5, 5.41) is 22.7. The van der Waals surface area contributed by atoms with Crippen LogP contribution in [0.4, 0.5) is 5.69 Å². The average molecular weight is 676 g/mol. The van der Waals surface area contributed by atoms with Gasteiger partial charge < -0.3 is 30.7 Å². The highest BCUT2D eigenvalue weighted by Gasteiger charge is 2.57. The minimum absolute atomic E-state index is 0.0874. The van der Waals surface area contributed by atoms with E-state index in [1.54, 1.807) is 26.1 Å². The van der Waals surface area contributed by atoms with Crippen LogP contribution in [-0.4, -0.2) is 87.6 Å². The van der Waals surface area contributed by atoms with Gasteiger partial charge in [-0.05, 0) is 92.0 Å². The molecule has 4 saturated carbocycles. The van der Waals surface area contributed by atoms with Crippen LogP contribution >= 0.6 is 0 Å². The molecule has 2 aromatic carbocycles. The topological polar surface area (TPSA) is 115 Å². The lowest BCUT2D eigenvalue weighted by Gasteiger charge is -2.62. The van der Waals surface area contributed by atoms with Gasteiger partial charge >= 0.3 is 0 Å². The maximum absolute atomic E-state index is 14.4. The van der Waals surface area contributed by atoms with Gasteiger partial charge in [0.25, 0.3) is 5.91 Å². The molecule has 49 heavy (non-hydrogen) atoms. The van der Waals surface area contributed by atoms with Gasteiger partial charge in [0.05, 0.1) is 25.9 Å². The predicted molar refractivity (Wildman–Crippen MR) is 192 cm³/mol. The predicted octanol–water partition coefficient (Wildman–Crippen LogP) is 4.46. The Labute approximate surface area is 292 Å². The van der Waals surface area contributed by atoms with Gasteiger partial charge in [-0.15, -0.1) is 0 Å². The second-order valence-electron chi connectivity index (χ2n) is 15.9. The molecule has 5 aliphatic rings. The Morgan fingerprint density at radius 2 is 1.90 bits per heavy atom. The number of anilines is 1. The molecule has 2 bridgehead atoms. The van der Waals surface area contributed by atoms with Crippen LogP contribution in [0.2, 0.25) is 0 Å². The molecule has 0 aromatic heterocycles. The standard InChI is InChI=1S/C39H57N5O5/c1-22-31-17-28(39(31,3)4)18-32(22)42-38(47)35-34(23(2)45)33(20-41-19-24-12-13-24)49-44(35)21-25-10-9-11-30(36(25)48-8)26-14-27(37(46)40-5)16-29(15-26)43(6)7/h9-11,14-16,22-24,28,31-35,41,45H,12-13,17-21H2,1-8H3,(H,40,46)(H,42,47)/t22-,23-,28+,31+,32-,33-,34+,35-/m0/s1. The van der Waals surface area contributed by atoms with Crippen LogP contribution in [0.3, 0.4) is 0 Å². The number of hydroxylamine groups is 2. The van der Waals surface area contributed by atoms with E-state index >= 15 is 0 Å². The number of aliphatic hydroxyl groups is 1. The first-order valence-electron chi connectivity index (χ1n) is 18.2. The largest absolute Gasteiger partial charge is 0.496 e. The number of ether oxygens (including phenoxy) is 1. The van der Waals surface area contributed by atoms with E-state index in [1.165, 1.54) is 19.3 Å². The molecule has 10 nitrogen and oxygen atoms in total. The first-order chi connectivity index (χ1) is 23.3. The molecule has 4 N–H and O–H groups in total. The maximum atomic E-state index is 14.4. The summed E-state index contributed by atoms with van der Waals surface area (Å²) in [4.78, 5) is 35.8. The van der Waals surface area contributed by atoms with Crippen LogP contribution in [0.1, 0.15) is 69.3 Å². The van der Waals surface area contributed by atoms with Crippen molar-refractivity contribution < 1.29 is 24.3 Å². The molecule has 0 spiro atoms. The summed E-state index contributed by atoms with van der Waals surface area (Å²) in [5.74, 6) is 2.27. The van der Waals surface area contributed by atoms with E-state index in [-0.39, 0.29) is 30.5 Å². The molecular weight excluding hydrogens is 618 g/mol. The molecule has 8 atom stereocenters. The van der Waals surface area contributed by atoms with Crippen LogP contribution in [0.25, 0.3) is 11.1 Å². The lowest BCUT2D eigenvalue weighted by atomic mass is 9.45. The first-order valence-corrected chi connectivity index (χ1v) is 18.2. The van der Waals surface area contributed by atoms with Gasteiger partial charge in [0, 0.05) is 62.0 Å².